The fourth-order valence-electron chi connectivity index (χ4n) is 1.07. The van der Waals surface area contributed by atoms with Gasteiger partial charge in [-0.25, -0.2) is 13.6 Å². The maximum atomic E-state index is 10.8. The zero-order valence-corrected chi connectivity index (χ0v) is 11.1. The van der Waals surface area contributed by atoms with Crippen molar-refractivity contribution in [1.29, 1.82) is 5.26 Å². The summed E-state index contributed by atoms with van der Waals surface area (Å²) in [7, 11) is -3.48. The topological polar surface area (TPSA) is 110 Å². The molecule has 0 bridgehead atoms. The van der Waals surface area contributed by atoms with Gasteiger partial charge >= 0.3 is 0 Å². The molecule has 1 rings (SSSR count). The molecule has 1 heterocycles. The number of nitriles is 1. The van der Waals surface area contributed by atoms with Gasteiger partial charge in [0, 0.05) is 5.75 Å². The van der Waals surface area contributed by atoms with Gasteiger partial charge in [-0.15, -0.1) is 16.9 Å². The van der Waals surface area contributed by atoms with Gasteiger partial charge < -0.3 is 0 Å². The zero-order valence-electron chi connectivity index (χ0n) is 9.47. The van der Waals surface area contributed by atoms with Crippen LogP contribution in [0.4, 0.5) is 0 Å². The van der Waals surface area contributed by atoms with Gasteiger partial charge in [-0.2, -0.15) is 10.4 Å². The van der Waals surface area contributed by atoms with Crippen LogP contribution in [0.5, 0.6) is 0 Å². The average molecular weight is 272 g/mol. The molecule has 0 spiro atoms. The van der Waals surface area contributed by atoms with E-state index < -0.39 is 10.0 Å². The molecular weight excluding hydrogens is 260 g/mol. The fraction of sp³-hybridized carbons (Fsp3) is 0.444. The molecule has 0 fully saturated rings. The molecule has 0 aliphatic heterocycles. The van der Waals surface area contributed by atoms with E-state index in [1.165, 1.54) is 11.8 Å². The summed E-state index contributed by atoms with van der Waals surface area (Å²) in [5.74, 6) is 0.0990. The number of primary sulfonamides is 1. The Bertz CT molecular complexity index is 563. The Balaban J connectivity index is 2.86. The van der Waals surface area contributed by atoms with Crippen LogP contribution in [-0.2, 0) is 10.0 Å². The lowest BCUT2D eigenvalue weighted by atomic mass is 10.1. The van der Waals surface area contributed by atoms with Gasteiger partial charge in [0.1, 0.15) is 11.1 Å². The largest absolute Gasteiger partial charge is 0.229 e. The molecule has 1 aromatic heterocycles. The van der Waals surface area contributed by atoms with E-state index in [0.717, 1.165) is 5.56 Å². The van der Waals surface area contributed by atoms with Crippen LogP contribution in [0.2, 0.25) is 0 Å². The van der Waals surface area contributed by atoms with Crippen molar-refractivity contribution < 1.29 is 8.42 Å². The van der Waals surface area contributed by atoms with Crippen molar-refractivity contribution in [3.63, 3.8) is 0 Å². The second-order valence-corrected chi connectivity index (χ2v) is 6.24. The molecule has 0 aromatic carbocycles. The monoisotopic (exact) mass is 272 g/mol. The summed E-state index contributed by atoms with van der Waals surface area (Å²) in [5, 5.41) is 22.1. The third-order valence-corrected chi connectivity index (χ3v) is 4.14. The van der Waals surface area contributed by atoms with Crippen LogP contribution in [0.1, 0.15) is 16.8 Å². The SMILES string of the molecule is Cc1nnc(SCCS(N)(=O)=O)c(C#N)c1C. The van der Waals surface area contributed by atoms with Gasteiger partial charge in [-0.05, 0) is 19.4 Å². The highest BCUT2D eigenvalue weighted by Crippen LogP contribution is 2.22. The third-order valence-electron chi connectivity index (χ3n) is 2.14. The molecule has 8 heteroatoms. The molecule has 92 valence electrons. The lowest BCUT2D eigenvalue weighted by Gasteiger charge is -2.05. The number of hydrogen-bond acceptors (Lipinski definition) is 6. The van der Waals surface area contributed by atoms with Crippen LogP contribution >= 0.6 is 11.8 Å². The van der Waals surface area contributed by atoms with Crippen LogP contribution in [0, 0.1) is 25.2 Å². The minimum Gasteiger partial charge on any atom is -0.229 e. The molecule has 0 amide bonds. The predicted molar refractivity (Wildman–Crippen MR) is 64.9 cm³/mol. The van der Waals surface area contributed by atoms with Gasteiger partial charge in [0.05, 0.1) is 17.0 Å². The van der Waals surface area contributed by atoms with Gasteiger partial charge in [0.2, 0.25) is 10.0 Å². The van der Waals surface area contributed by atoms with Crippen LogP contribution in [0.15, 0.2) is 5.03 Å². The van der Waals surface area contributed by atoms with Crippen molar-refractivity contribution in [1.82, 2.24) is 10.2 Å². The summed E-state index contributed by atoms with van der Waals surface area (Å²) >= 11 is 1.17. The summed E-state index contributed by atoms with van der Waals surface area (Å²) in [6.07, 6.45) is 0. The maximum absolute atomic E-state index is 10.8. The van der Waals surface area contributed by atoms with Crippen LogP contribution < -0.4 is 5.14 Å². The quantitative estimate of drug-likeness (QED) is 0.792. The molecule has 0 atom stereocenters. The summed E-state index contributed by atoms with van der Waals surface area (Å²) in [5.41, 5.74) is 1.90. The van der Waals surface area contributed by atoms with E-state index in [-0.39, 0.29) is 11.5 Å². The molecular formula is C9H12N4O2S2. The fourth-order valence-corrected chi connectivity index (χ4v) is 2.97. The van der Waals surface area contributed by atoms with E-state index in [1.807, 2.05) is 6.07 Å². The van der Waals surface area contributed by atoms with E-state index in [4.69, 9.17) is 10.4 Å². The number of nitrogens with two attached hydrogens (primary N) is 1. The van der Waals surface area contributed by atoms with Gasteiger partial charge in [-0.3, -0.25) is 0 Å². The normalized spacial score (nSPS) is 11.2. The summed E-state index contributed by atoms with van der Waals surface area (Å²) in [4.78, 5) is 0. The number of aryl methyl sites for hydroxylation is 1. The van der Waals surface area contributed by atoms with Crippen molar-refractivity contribution in [2.45, 2.75) is 18.9 Å². The smallest absolute Gasteiger partial charge is 0.209 e. The van der Waals surface area contributed by atoms with E-state index in [9.17, 15) is 8.42 Å². The van der Waals surface area contributed by atoms with Gasteiger partial charge in [0.15, 0.2) is 0 Å². The van der Waals surface area contributed by atoms with Crippen LogP contribution in [0.25, 0.3) is 0 Å². The number of thioether (sulfide) groups is 1. The summed E-state index contributed by atoms with van der Waals surface area (Å²) in [6.45, 7) is 3.55. The second-order valence-electron chi connectivity index (χ2n) is 3.42. The van der Waals surface area contributed by atoms with Gasteiger partial charge in [0.25, 0.3) is 0 Å². The lowest BCUT2D eigenvalue weighted by molar-refractivity contribution is 0.599. The minimum atomic E-state index is -3.48. The van der Waals surface area contributed by atoms with Crippen molar-refractivity contribution in [3.05, 3.63) is 16.8 Å². The molecule has 0 radical (unpaired) electrons. The average Bonchev–Trinajstić information content (AvgIpc) is 2.22. The molecule has 2 N–H and O–H groups in total. The highest BCUT2D eigenvalue weighted by Gasteiger charge is 2.12. The Morgan fingerprint density at radius 2 is 2.06 bits per heavy atom. The van der Waals surface area contributed by atoms with Crippen LogP contribution in [0.3, 0.4) is 0 Å². The number of sulfonamides is 1. The highest BCUT2D eigenvalue weighted by atomic mass is 32.2. The Labute approximate surface area is 104 Å². The van der Waals surface area contributed by atoms with E-state index in [0.29, 0.717) is 16.3 Å². The first kappa shape index (κ1) is 13.9. The first-order valence-corrected chi connectivity index (χ1v) is 7.42. The van der Waals surface area contributed by atoms with Gasteiger partial charge in [-0.1, -0.05) is 0 Å². The molecule has 1 aromatic rings. The molecule has 0 saturated heterocycles. The highest BCUT2D eigenvalue weighted by molar-refractivity contribution is 8.00. The second kappa shape index (κ2) is 5.44. The Morgan fingerprint density at radius 1 is 1.41 bits per heavy atom. The minimum absolute atomic E-state index is 0.156. The first-order chi connectivity index (χ1) is 7.85. The van der Waals surface area contributed by atoms with Crippen LogP contribution in [-0.4, -0.2) is 30.1 Å². The summed E-state index contributed by atoms with van der Waals surface area (Å²) in [6, 6.07) is 2.05. The predicted octanol–water partition coefficient (Wildman–Crippen LogP) is 0.346. The Hall–Kier alpha value is -1.17. The van der Waals surface area contributed by atoms with Crippen molar-refractivity contribution in [2.24, 2.45) is 5.14 Å². The molecule has 17 heavy (non-hydrogen) atoms. The molecule has 0 saturated carbocycles. The molecule has 0 aliphatic carbocycles. The maximum Gasteiger partial charge on any atom is 0.209 e. The first-order valence-electron chi connectivity index (χ1n) is 4.72. The molecule has 0 aliphatic rings. The molecule has 6 nitrogen and oxygen atoms in total. The van der Waals surface area contributed by atoms with E-state index in [1.54, 1.807) is 13.8 Å². The van der Waals surface area contributed by atoms with Crippen molar-refractivity contribution in [3.8, 4) is 6.07 Å². The van der Waals surface area contributed by atoms with E-state index in [2.05, 4.69) is 10.2 Å². The number of hydrogen-bond donors (Lipinski definition) is 1. The zero-order chi connectivity index (χ0) is 13.1. The summed E-state index contributed by atoms with van der Waals surface area (Å²) < 4.78 is 21.5. The standard InChI is InChI=1S/C9H12N4O2S2/c1-6-7(2)12-13-9(8(6)5-10)16-3-4-17(11,14)15/h3-4H2,1-2H3,(H2,11,14,15). The third kappa shape index (κ3) is 3.96. The number of rotatable bonds is 4. The number of nitrogens with zero attached hydrogens (tertiary/aromatic N) is 3. The van der Waals surface area contributed by atoms with Crippen molar-refractivity contribution >= 4 is 21.8 Å². The van der Waals surface area contributed by atoms with Crippen molar-refractivity contribution in [2.75, 3.05) is 11.5 Å². The Kier molecular flexibility index (Phi) is 4.45. The Morgan fingerprint density at radius 3 is 2.59 bits per heavy atom. The number of aromatic nitrogens is 2. The molecule has 0 unspecified atom stereocenters. The lowest BCUT2D eigenvalue weighted by Crippen LogP contribution is -2.18. The van der Waals surface area contributed by atoms with E-state index >= 15 is 0 Å².